The van der Waals surface area contributed by atoms with Crippen LogP contribution in [0.2, 0.25) is 5.02 Å². The largest absolute Gasteiger partial charge is 0.323 e. The predicted octanol–water partition coefficient (Wildman–Crippen LogP) is 4.42. The molecule has 0 saturated heterocycles. The monoisotopic (exact) mass is 400 g/mol. The van der Waals surface area contributed by atoms with E-state index in [1.165, 1.54) is 11.8 Å². The third kappa shape index (κ3) is 5.35. The van der Waals surface area contributed by atoms with Crippen molar-refractivity contribution in [2.45, 2.75) is 18.7 Å². The van der Waals surface area contributed by atoms with Gasteiger partial charge in [0.05, 0.1) is 11.4 Å². The number of hydrogen-bond donors (Lipinski definition) is 2. The maximum atomic E-state index is 14.5. The molecular formula is C18H19Cl2FN2OS. The molecule has 1 amide bonds. The number of fused-ring (bicyclic) bond motifs is 1. The number of rotatable bonds is 5. The molecule has 3 nitrogen and oxygen atoms in total. The lowest BCUT2D eigenvalue weighted by Crippen LogP contribution is -2.25. The Morgan fingerprint density at radius 3 is 2.76 bits per heavy atom. The van der Waals surface area contributed by atoms with Gasteiger partial charge < -0.3 is 10.6 Å². The van der Waals surface area contributed by atoms with Gasteiger partial charge in [-0.15, -0.1) is 24.2 Å². The van der Waals surface area contributed by atoms with E-state index in [1.807, 2.05) is 30.3 Å². The number of benzene rings is 2. The van der Waals surface area contributed by atoms with E-state index in [9.17, 15) is 9.18 Å². The van der Waals surface area contributed by atoms with E-state index in [2.05, 4.69) is 10.6 Å². The zero-order chi connectivity index (χ0) is 16.9. The van der Waals surface area contributed by atoms with Crippen LogP contribution in [0.15, 0.2) is 36.4 Å². The second-order valence-corrected chi connectivity index (χ2v) is 7.08. The van der Waals surface area contributed by atoms with Crippen LogP contribution in [-0.2, 0) is 23.5 Å². The number of nitrogens with one attached hydrogen (secondary N) is 2. The van der Waals surface area contributed by atoms with Gasteiger partial charge in [0.15, 0.2) is 0 Å². The van der Waals surface area contributed by atoms with E-state index < -0.39 is 0 Å². The van der Waals surface area contributed by atoms with Gasteiger partial charge in [-0.25, -0.2) is 4.39 Å². The lowest BCUT2D eigenvalue weighted by molar-refractivity contribution is -0.113. The minimum absolute atomic E-state index is 0. The van der Waals surface area contributed by atoms with Crippen LogP contribution in [0.5, 0.6) is 0 Å². The van der Waals surface area contributed by atoms with E-state index in [4.69, 9.17) is 11.6 Å². The van der Waals surface area contributed by atoms with E-state index >= 15 is 0 Å². The van der Waals surface area contributed by atoms with E-state index in [0.717, 1.165) is 17.7 Å². The molecule has 0 aliphatic carbocycles. The van der Waals surface area contributed by atoms with Crippen molar-refractivity contribution < 1.29 is 9.18 Å². The Balaban J connectivity index is 0.00000225. The molecule has 1 heterocycles. The number of halogens is 3. The molecule has 0 spiro atoms. The van der Waals surface area contributed by atoms with Crippen LogP contribution in [-0.4, -0.2) is 18.2 Å². The van der Waals surface area contributed by atoms with Crippen LogP contribution in [0.4, 0.5) is 10.1 Å². The maximum absolute atomic E-state index is 14.5. The molecule has 0 bridgehead atoms. The van der Waals surface area contributed by atoms with Crippen molar-refractivity contribution in [2.75, 3.05) is 17.6 Å². The molecular weight excluding hydrogens is 382 g/mol. The van der Waals surface area contributed by atoms with Crippen LogP contribution in [0.1, 0.15) is 16.7 Å². The summed E-state index contributed by atoms with van der Waals surface area (Å²) in [6, 6.07) is 11.0. The second-order valence-electron chi connectivity index (χ2n) is 5.66. The van der Waals surface area contributed by atoms with Crippen molar-refractivity contribution in [3.63, 3.8) is 0 Å². The molecule has 0 radical (unpaired) electrons. The number of anilines is 1. The highest BCUT2D eigenvalue weighted by atomic mass is 35.5. The number of carbonyl (C=O) groups excluding carboxylic acids is 1. The molecule has 3 rings (SSSR count). The number of hydrogen-bond acceptors (Lipinski definition) is 3. The van der Waals surface area contributed by atoms with Gasteiger partial charge >= 0.3 is 0 Å². The van der Waals surface area contributed by atoms with Gasteiger partial charge in [-0.2, -0.15) is 0 Å². The second kappa shape index (κ2) is 9.43. The summed E-state index contributed by atoms with van der Waals surface area (Å²) in [7, 11) is 0. The first-order valence-electron chi connectivity index (χ1n) is 7.76. The third-order valence-electron chi connectivity index (χ3n) is 3.90. The van der Waals surface area contributed by atoms with Gasteiger partial charge in [0, 0.05) is 17.3 Å². The number of amides is 1. The van der Waals surface area contributed by atoms with Gasteiger partial charge in [0.1, 0.15) is 5.82 Å². The van der Waals surface area contributed by atoms with E-state index in [1.54, 1.807) is 6.07 Å². The van der Waals surface area contributed by atoms with Crippen LogP contribution in [0.3, 0.4) is 0 Å². The average molecular weight is 401 g/mol. The molecule has 2 aromatic carbocycles. The fraction of sp³-hybridized carbons (Fsp3) is 0.278. The van der Waals surface area contributed by atoms with Gasteiger partial charge in [0.2, 0.25) is 5.91 Å². The Morgan fingerprint density at radius 1 is 1.24 bits per heavy atom. The summed E-state index contributed by atoms with van der Waals surface area (Å²) in [5.74, 6) is 0.496. The highest BCUT2D eigenvalue weighted by Crippen LogP contribution is 2.25. The van der Waals surface area contributed by atoms with Crippen molar-refractivity contribution in [1.82, 2.24) is 5.32 Å². The van der Waals surface area contributed by atoms with E-state index in [-0.39, 0.29) is 35.6 Å². The summed E-state index contributed by atoms with van der Waals surface area (Å²) in [4.78, 5) is 12.0. The molecule has 0 saturated carbocycles. The summed E-state index contributed by atoms with van der Waals surface area (Å²) in [5.41, 5.74) is 3.05. The normalized spacial score (nSPS) is 12.9. The minimum atomic E-state index is -0.301. The van der Waals surface area contributed by atoms with Crippen molar-refractivity contribution in [3.8, 4) is 0 Å². The molecule has 2 aromatic rings. The third-order valence-corrected chi connectivity index (χ3v) is 5.15. The Hall–Kier alpha value is -1.27. The molecule has 0 aromatic heterocycles. The summed E-state index contributed by atoms with van der Waals surface area (Å²) in [5, 5.41) is 6.58. The molecule has 0 unspecified atom stereocenters. The highest BCUT2D eigenvalue weighted by Gasteiger charge is 2.17. The first-order chi connectivity index (χ1) is 11.6. The molecule has 0 fully saturated rings. The predicted molar refractivity (Wildman–Crippen MR) is 105 cm³/mol. The Kier molecular flexibility index (Phi) is 7.56. The fourth-order valence-electron chi connectivity index (χ4n) is 2.66. The summed E-state index contributed by atoms with van der Waals surface area (Å²) < 4.78 is 14.5. The quantitative estimate of drug-likeness (QED) is 0.780. The molecule has 7 heteroatoms. The molecule has 0 atom stereocenters. The fourth-order valence-corrected chi connectivity index (χ4v) is 3.57. The van der Waals surface area contributed by atoms with Crippen molar-refractivity contribution in [3.05, 3.63) is 63.9 Å². The standard InChI is InChI=1S/C18H18ClFN2OS.ClH/c19-14-4-1-12(2-5-14)10-24-11-17(23)22-16-6-3-13-9-21-8-7-15(13)18(16)20;/h1-6,21H,7-11H2,(H,22,23);1H. The van der Waals surface area contributed by atoms with Gasteiger partial charge in [-0.3, -0.25) is 4.79 Å². The molecule has 2 N–H and O–H groups in total. The molecule has 134 valence electrons. The summed E-state index contributed by atoms with van der Waals surface area (Å²) >= 11 is 7.33. The lowest BCUT2D eigenvalue weighted by Gasteiger charge is -2.19. The average Bonchev–Trinajstić information content (AvgIpc) is 2.59. The number of thioether (sulfide) groups is 1. The Labute approximate surface area is 162 Å². The smallest absolute Gasteiger partial charge is 0.234 e. The minimum Gasteiger partial charge on any atom is -0.323 e. The van der Waals surface area contributed by atoms with Gasteiger partial charge in [-0.1, -0.05) is 29.8 Å². The van der Waals surface area contributed by atoms with Crippen LogP contribution < -0.4 is 10.6 Å². The van der Waals surface area contributed by atoms with Gasteiger partial charge in [-0.05, 0) is 47.9 Å². The summed E-state index contributed by atoms with van der Waals surface area (Å²) in [6.45, 7) is 1.44. The highest BCUT2D eigenvalue weighted by molar-refractivity contribution is 7.99. The molecule has 1 aliphatic rings. The first-order valence-corrected chi connectivity index (χ1v) is 9.30. The SMILES string of the molecule is Cl.O=C(CSCc1ccc(Cl)cc1)Nc1ccc2c(c1F)CCNC2. The van der Waals surface area contributed by atoms with Crippen molar-refractivity contribution in [1.29, 1.82) is 0 Å². The molecule has 25 heavy (non-hydrogen) atoms. The summed E-state index contributed by atoms with van der Waals surface area (Å²) in [6.07, 6.45) is 0.649. The molecule has 1 aliphatic heterocycles. The first kappa shape index (κ1) is 20.0. The van der Waals surface area contributed by atoms with Crippen LogP contribution >= 0.6 is 35.8 Å². The zero-order valence-electron chi connectivity index (χ0n) is 13.5. The Bertz CT molecular complexity index is 741. The van der Waals surface area contributed by atoms with Crippen LogP contribution in [0.25, 0.3) is 0 Å². The topological polar surface area (TPSA) is 41.1 Å². The zero-order valence-corrected chi connectivity index (χ0v) is 15.9. The van der Waals surface area contributed by atoms with Crippen molar-refractivity contribution in [2.24, 2.45) is 0 Å². The van der Waals surface area contributed by atoms with Crippen LogP contribution in [0, 0.1) is 5.82 Å². The van der Waals surface area contributed by atoms with E-state index in [0.29, 0.717) is 29.3 Å². The number of carbonyl (C=O) groups is 1. The lowest BCUT2D eigenvalue weighted by atomic mass is 9.99. The van der Waals surface area contributed by atoms with Gasteiger partial charge in [0.25, 0.3) is 0 Å². The Morgan fingerprint density at radius 2 is 2.00 bits per heavy atom. The van der Waals surface area contributed by atoms with Crippen molar-refractivity contribution >= 4 is 47.4 Å². The maximum Gasteiger partial charge on any atom is 0.234 e.